The Balaban J connectivity index is 1.79. The van der Waals surface area contributed by atoms with Crippen molar-refractivity contribution < 1.29 is 27.9 Å². The number of amides is 2. The maximum absolute atomic E-state index is 13.5. The molecule has 10 heteroatoms. The minimum absolute atomic E-state index is 0.0512. The maximum Gasteiger partial charge on any atom is 0.425 e. The Kier molecular flexibility index (Phi) is 5.16. The fourth-order valence-electron chi connectivity index (χ4n) is 3.18. The third kappa shape index (κ3) is 3.72. The van der Waals surface area contributed by atoms with Crippen LogP contribution in [0.25, 0.3) is 0 Å². The molecule has 0 bridgehead atoms. The van der Waals surface area contributed by atoms with Gasteiger partial charge in [0.15, 0.2) is 5.82 Å². The van der Waals surface area contributed by atoms with Gasteiger partial charge in [0.1, 0.15) is 0 Å². The number of halogens is 3. The number of aryl methyl sites for hydroxylation is 1. The van der Waals surface area contributed by atoms with E-state index in [1.807, 2.05) is 0 Å². The van der Waals surface area contributed by atoms with Crippen LogP contribution in [0.15, 0.2) is 36.7 Å². The van der Waals surface area contributed by atoms with Crippen LogP contribution in [-0.2, 0) is 22.2 Å². The quantitative estimate of drug-likeness (QED) is 0.812. The van der Waals surface area contributed by atoms with E-state index < -0.39 is 29.9 Å². The number of imidazole rings is 1. The number of aliphatic hydroxyl groups is 1. The maximum atomic E-state index is 13.5. The van der Waals surface area contributed by atoms with Gasteiger partial charge in [-0.25, -0.2) is 4.98 Å². The zero-order valence-electron chi connectivity index (χ0n) is 15.0. The van der Waals surface area contributed by atoms with E-state index in [1.54, 1.807) is 17.0 Å². The SMILES string of the molecule is Cn1ccnc1[C@](O)(CC(=O)Nc1cccc(N2CCCC2=O)c1)C(F)(F)F. The number of carbonyl (C=O) groups is 2. The van der Waals surface area contributed by atoms with Gasteiger partial charge in [-0.1, -0.05) is 6.07 Å². The predicted octanol–water partition coefficient (Wildman–Crippen LogP) is 2.33. The third-order valence-corrected chi connectivity index (χ3v) is 4.59. The Morgan fingerprint density at radius 1 is 1.36 bits per heavy atom. The first kappa shape index (κ1) is 19.9. The summed E-state index contributed by atoms with van der Waals surface area (Å²) in [6, 6.07) is 6.27. The lowest BCUT2D eigenvalue weighted by molar-refractivity contribution is -0.270. The lowest BCUT2D eigenvalue weighted by atomic mass is 9.97. The van der Waals surface area contributed by atoms with E-state index in [1.165, 1.54) is 25.4 Å². The van der Waals surface area contributed by atoms with Gasteiger partial charge in [-0.2, -0.15) is 13.2 Å². The van der Waals surface area contributed by atoms with Gasteiger partial charge in [-0.05, 0) is 24.6 Å². The highest BCUT2D eigenvalue weighted by Crippen LogP contribution is 2.41. The Morgan fingerprint density at radius 3 is 2.68 bits per heavy atom. The Labute approximate surface area is 158 Å². The van der Waals surface area contributed by atoms with E-state index in [2.05, 4.69) is 10.3 Å². The Bertz CT molecular complexity index is 896. The van der Waals surface area contributed by atoms with Crippen LogP contribution in [0.5, 0.6) is 0 Å². The summed E-state index contributed by atoms with van der Waals surface area (Å²) in [6.45, 7) is 0.545. The largest absolute Gasteiger partial charge is 0.425 e. The van der Waals surface area contributed by atoms with E-state index in [4.69, 9.17) is 0 Å². The molecule has 7 nitrogen and oxygen atoms in total. The zero-order chi connectivity index (χ0) is 20.5. The molecule has 1 aromatic carbocycles. The standard InChI is InChI=1S/C18H19F3N4O3/c1-24-9-7-22-16(24)17(28,18(19,20)21)11-14(26)23-12-4-2-5-13(10-12)25-8-3-6-15(25)27/h2,4-5,7,9-10,28H,3,6,8,11H2,1H3,(H,23,26)/t17-/m1/s1. The second-order valence-electron chi connectivity index (χ2n) is 6.64. The van der Waals surface area contributed by atoms with Crippen molar-refractivity contribution in [3.63, 3.8) is 0 Å². The summed E-state index contributed by atoms with van der Waals surface area (Å²) in [6.07, 6.45) is -2.85. The second-order valence-corrected chi connectivity index (χ2v) is 6.64. The molecule has 1 fully saturated rings. The highest BCUT2D eigenvalue weighted by Gasteiger charge is 2.58. The van der Waals surface area contributed by atoms with Crippen LogP contribution in [-0.4, -0.2) is 39.2 Å². The van der Waals surface area contributed by atoms with Crippen LogP contribution in [0.3, 0.4) is 0 Å². The van der Waals surface area contributed by atoms with E-state index >= 15 is 0 Å². The van der Waals surface area contributed by atoms with Gasteiger partial charge in [0.25, 0.3) is 0 Å². The topological polar surface area (TPSA) is 87.5 Å². The van der Waals surface area contributed by atoms with Gasteiger partial charge >= 0.3 is 6.18 Å². The van der Waals surface area contributed by atoms with Gasteiger partial charge < -0.3 is 19.9 Å². The molecule has 0 unspecified atom stereocenters. The molecule has 0 saturated carbocycles. The molecule has 2 N–H and O–H groups in total. The van der Waals surface area contributed by atoms with Crippen molar-refractivity contribution in [2.45, 2.75) is 31.0 Å². The average molecular weight is 396 g/mol. The lowest BCUT2D eigenvalue weighted by Crippen LogP contribution is -2.46. The van der Waals surface area contributed by atoms with Crippen LogP contribution in [0.1, 0.15) is 25.1 Å². The van der Waals surface area contributed by atoms with Crippen LogP contribution in [0.4, 0.5) is 24.5 Å². The molecule has 0 radical (unpaired) electrons. The summed E-state index contributed by atoms with van der Waals surface area (Å²) < 4.78 is 41.6. The normalized spacial score (nSPS) is 16.9. The first-order valence-corrected chi connectivity index (χ1v) is 8.59. The van der Waals surface area contributed by atoms with Crippen molar-refractivity contribution in [2.24, 2.45) is 7.05 Å². The number of nitrogens with zero attached hydrogens (tertiary/aromatic N) is 3. The van der Waals surface area contributed by atoms with Crippen molar-refractivity contribution in [1.82, 2.24) is 9.55 Å². The van der Waals surface area contributed by atoms with Crippen LogP contribution in [0.2, 0.25) is 0 Å². The minimum atomic E-state index is -5.10. The molecule has 2 amide bonds. The molecule has 1 atom stereocenters. The van der Waals surface area contributed by atoms with Crippen LogP contribution < -0.4 is 10.2 Å². The summed E-state index contributed by atoms with van der Waals surface area (Å²) in [5, 5.41) is 12.6. The van der Waals surface area contributed by atoms with E-state index in [0.29, 0.717) is 18.7 Å². The molecule has 0 aliphatic carbocycles. The van der Waals surface area contributed by atoms with Gasteiger partial charge in [0.05, 0.1) is 6.42 Å². The van der Waals surface area contributed by atoms with E-state index in [9.17, 15) is 27.9 Å². The molecule has 2 aromatic rings. The molecular weight excluding hydrogens is 377 g/mol. The summed E-state index contributed by atoms with van der Waals surface area (Å²) in [4.78, 5) is 29.2. The van der Waals surface area contributed by atoms with Crippen molar-refractivity contribution in [3.05, 3.63) is 42.5 Å². The fourth-order valence-corrected chi connectivity index (χ4v) is 3.18. The fraction of sp³-hybridized carbons (Fsp3) is 0.389. The molecule has 1 saturated heterocycles. The molecule has 1 aliphatic rings. The zero-order valence-corrected chi connectivity index (χ0v) is 15.0. The molecule has 3 rings (SSSR count). The molecule has 0 spiro atoms. The molecular formula is C18H19F3N4O3. The number of aromatic nitrogens is 2. The van der Waals surface area contributed by atoms with Crippen molar-refractivity contribution in [2.75, 3.05) is 16.8 Å². The number of rotatable bonds is 5. The number of carbonyl (C=O) groups excluding carboxylic acids is 2. The van der Waals surface area contributed by atoms with Crippen molar-refractivity contribution in [3.8, 4) is 0 Å². The van der Waals surface area contributed by atoms with Gasteiger partial charge in [-0.15, -0.1) is 0 Å². The molecule has 2 heterocycles. The first-order chi connectivity index (χ1) is 13.1. The molecule has 150 valence electrons. The number of nitrogens with one attached hydrogen (secondary N) is 1. The van der Waals surface area contributed by atoms with Crippen molar-refractivity contribution >= 4 is 23.2 Å². The van der Waals surface area contributed by atoms with Gasteiger partial charge in [-0.3, -0.25) is 9.59 Å². The smallest absolute Gasteiger partial charge is 0.374 e. The summed E-state index contributed by atoms with van der Waals surface area (Å²) >= 11 is 0. The number of hydrogen-bond donors (Lipinski definition) is 2. The highest BCUT2D eigenvalue weighted by molar-refractivity contribution is 5.97. The van der Waals surface area contributed by atoms with E-state index in [0.717, 1.165) is 17.2 Å². The monoisotopic (exact) mass is 396 g/mol. The third-order valence-electron chi connectivity index (χ3n) is 4.59. The summed E-state index contributed by atoms with van der Waals surface area (Å²) in [7, 11) is 1.30. The minimum Gasteiger partial charge on any atom is -0.374 e. The Hall–Kier alpha value is -2.88. The average Bonchev–Trinajstić information content (AvgIpc) is 3.22. The Morgan fingerprint density at radius 2 is 2.11 bits per heavy atom. The first-order valence-electron chi connectivity index (χ1n) is 8.59. The molecule has 28 heavy (non-hydrogen) atoms. The molecule has 1 aliphatic heterocycles. The number of anilines is 2. The molecule has 1 aromatic heterocycles. The van der Waals surface area contributed by atoms with Crippen LogP contribution >= 0.6 is 0 Å². The van der Waals surface area contributed by atoms with Gasteiger partial charge in [0, 0.05) is 43.8 Å². The van der Waals surface area contributed by atoms with Crippen molar-refractivity contribution in [1.29, 1.82) is 0 Å². The van der Waals surface area contributed by atoms with Gasteiger partial charge in [0.2, 0.25) is 17.4 Å². The number of hydrogen-bond acceptors (Lipinski definition) is 4. The summed E-state index contributed by atoms with van der Waals surface area (Å²) in [5.74, 6) is -1.76. The lowest BCUT2D eigenvalue weighted by Gasteiger charge is -2.29. The number of benzene rings is 1. The summed E-state index contributed by atoms with van der Waals surface area (Å²) in [5.41, 5.74) is -2.65. The highest BCUT2D eigenvalue weighted by atomic mass is 19.4. The number of alkyl halides is 3. The van der Waals surface area contributed by atoms with E-state index in [-0.39, 0.29) is 11.6 Å². The predicted molar refractivity (Wildman–Crippen MR) is 94.4 cm³/mol. The van der Waals surface area contributed by atoms with Crippen LogP contribution in [0, 0.1) is 0 Å². The second kappa shape index (κ2) is 7.27.